The lowest BCUT2D eigenvalue weighted by Gasteiger charge is -2.42. The summed E-state index contributed by atoms with van der Waals surface area (Å²) >= 11 is 0. The SMILES string of the molecule is CCC1(NCCCO)CCC1. The van der Waals surface area contributed by atoms with Crippen LogP contribution < -0.4 is 5.32 Å². The minimum absolute atomic E-state index is 0.312. The monoisotopic (exact) mass is 157 g/mol. The Bertz CT molecular complexity index is 105. The minimum Gasteiger partial charge on any atom is -0.396 e. The summed E-state index contributed by atoms with van der Waals surface area (Å²) in [6, 6.07) is 0. The molecule has 0 unspecified atom stereocenters. The van der Waals surface area contributed by atoms with Crippen LogP contribution in [0.3, 0.4) is 0 Å². The lowest BCUT2D eigenvalue weighted by atomic mass is 9.75. The predicted molar refractivity (Wildman–Crippen MR) is 46.6 cm³/mol. The number of hydrogen-bond acceptors (Lipinski definition) is 2. The minimum atomic E-state index is 0.312. The summed E-state index contributed by atoms with van der Waals surface area (Å²) in [5, 5.41) is 12.1. The van der Waals surface area contributed by atoms with Crippen molar-refractivity contribution >= 4 is 0 Å². The van der Waals surface area contributed by atoms with Gasteiger partial charge in [-0.2, -0.15) is 0 Å². The van der Waals surface area contributed by atoms with Gasteiger partial charge in [-0.05, 0) is 38.6 Å². The zero-order chi connectivity index (χ0) is 8.16. The molecular formula is C9H19NO. The first-order valence-electron chi connectivity index (χ1n) is 4.69. The van der Waals surface area contributed by atoms with Gasteiger partial charge >= 0.3 is 0 Å². The molecule has 1 aliphatic carbocycles. The summed E-state index contributed by atoms with van der Waals surface area (Å²) in [4.78, 5) is 0. The summed E-state index contributed by atoms with van der Waals surface area (Å²) in [6.45, 7) is 3.53. The second-order valence-electron chi connectivity index (χ2n) is 3.49. The van der Waals surface area contributed by atoms with Gasteiger partial charge in [-0.1, -0.05) is 6.92 Å². The third-order valence-corrected chi connectivity index (χ3v) is 2.82. The normalized spacial score (nSPS) is 21.3. The Morgan fingerprint density at radius 3 is 2.55 bits per heavy atom. The molecule has 0 aromatic rings. The predicted octanol–water partition coefficient (Wildman–Crippen LogP) is 1.29. The van der Waals surface area contributed by atoms with E-state index in [0.717, 1.165) is 13.0 Å². The Morgan fingerprint density at radius 2 is 2.18 bits per heavy atom. The van der Waals surface area contributed by atoms with E-state index in [1.54, 1.807) is 0 Å². The van der Waals surface area contributed by atoms with E-state index in [-0.39, 0.29) is 0 Å². The van der Waals surface area contributed by atoms with Gasteiger partial charge in [-0.15, -0.1) is 0 Å². The van der Waals surface area contributed by atoms with E-state index < -0.39 is 0 Å². The smallest absolute Gasteiger partial charge is 0.0443 e. The number of aliphatic hydroxyl groups is 1. The highest BCUT2D eigenvalue weighted by molar-refractivity contribution is 4.94. The second-order valence-corrected chi connectivity index (χ2v) is 3.49. The molecule has 2 heteroatoms. The van der Waals surface area contributed by atoms with Gasteiger partial charge in [-0.3, -0.25) is 0 Å². The molecule has 0 bridgehead atoms. The average Bonchev–Trinajstić information content (AvgIpc) is 1.95. The molecule has 0 aromatic carbocycles. The lowest BCUT2D eigenvalue weighted by molar-refractivity contribution is 0.171. The number of aliphatic hydroxyl groups excluding tert-OH is 1. The van der Waals surface area contributed by atoms with Crippen molar-refractivity contribution in [2.75, 3.05) is 13.2 Å². The molecule has 0 heterocycles. The van der Waals surface area contributed by atoms with Crippen LogP contribution in [0, 0.1) is 0 Å². The molecule has 0 amide bonds. The van der Waals surface area contributed by atoms with Gasteiger partial charge in [-0.25, -0.2) is 0 Å². The van der Waals surface area contributed by atoms with Crippen LogP contribution in [0.1, 0.15) is 39.0 Å². The van der Waals surface area contributed by atoms with Crippen LogP contribution in [-0.2, 0) is 0 Å². The van der Waals surface area contributed by atoms with Crippen LogP contribution in [0.15, 0.2) is 0 Å². The summed E-state index contributed by atoms with van der Waals surface area (Å²) in [5.41, 5.74) is 0.454. The number of hydrogen-bond donors (Lipinski definition) is 2. The van der Waals surface area contributed by atoms with E-state index in [2.05, 4.69) is 12.2 Å². The standard InChI is InChI=1S/C9H19NO/c1-2-9(5-3-6-9)10-7-4-8-11/h10-11H,2-8H2,1H3. The lowest BCUT2D eigenvalue weighted by Crippen LogP contribution is -2.50. The van der Waals surface area contributed by atoms with E-state index in [9.17, 15) is 0 Å². The first-order valence-corrected chi connectivity index (χ1v) is 4.69. The Morgan fingerprint density at radius 1 is 1.45 bits per heavy atom. The van der Waals surface area contributed by atoms with Crippen LogP contribution >= 0.6 is 0 Å². The molecule has 0 aromatic heterocycles. The highest BCUT2D eigenvalue weighted by Crippen LogP contribution is 2.34. The third kappa shape index (κ3) is 2.17. The maximum Gasteiger partial charge on any atom is 0.0443 e. The van der Waals surface area contributed by atoms with Crippen molar-refractivity contribution in [3.8, 4) is 0 Å². The maximum absolute atomic E-state index is 8.59. The largest absolute Gasteiger partial charge is 0.396 e. The number of nitrogens with one attached hydrogen (secondary N) is 1. The van der Waals surface area contributed by atoms with Crippen molar-refractivity contribution in [2.24, 2.45) is 0 Å². The van der Waals surface area contributed by atoms with Gasteiger partial charge in [0.25, 0.3) is 0 Å². The van der Waals surface area contributed by atoms with Crippen molar-refractivity contribution in [1.29, 1.82) is 0 Å². The molecule has 0 radical (unpaired) electrons. The van der Waals surface area contributed by atoms with E-state index in [1.807, 2.05) is 0 Å². The molecule has 11 heavy (non-hydrogen) atoms. The third-order valence-electron chi connectivity index (χ3n) is 2.82. The zero-order valence-corrected chi connectivity index (χ0v) is 7.40. The first-order chi connectivity index (χ1) is 5.33. The molecule has 1 aliphatic rings. The topological polar surface area (TPSA) is 32.3 Å². The van der Waals surface area contributed by atoms with E-state index in [0.29, 0.717) is 12.1 Å². The van der Waals surface area contributed by atoms with Crippen molar-refractivity contribution in [3.05, 3.63) is 0 Å². The van der Waals surface area contributed by atoms with Gasteiger partial charge in [0.1, 0.15) is 0 Å². The van der Waals surface area contributed by atoms with Crippen LogP contribution in [0.5, 0.6) is 0 Å². The maximum atomic E-state index is 8.59. The van der Waals surface area contributed by atoms with Crippen LogP contribution in [0.25, 0.3) is 0 Å². The van der Waals surface area contributed by atoms with E-state index >= 15 is 0 Å². The van der Waals surface area contributed by atoms with Crippen molar-refractivity contribution in [1.82, 2.24) is 5.32 Å². The van der Waals surface area contributed by atoms with Crippen LogP contribution in [-0.4, -0.2) is 23.8 Å². The summed E-state index contributed by atoms with van der Waals surface area (Å²) < 4.78 is 0. The highest BCUT2D eigenvalue weighted by Gasteiger charge is 2.33. The molecule has 0 spiro atoms. The molecule has 2 N–H and O–H groups in total. The first kappa shape index (κ1) is 9.01. The fourth-order valence-electron chi connectivity index (χ4n) is 1.69. The molecule has 0 atom stereocenters. The Kier molecular flexibility index (Phi) is 3.34. The van der Waals surface area contributed by atoms with E-state index in [1.165, 1.54) is 25.7 Å². The highest BCUT2D eigenvalue weighted by atomic mass is 16.3. The summed E-state index contributed by atoms with van der Waals surface area (Å²) in [7, 11) is 0. The van der Waals surface area contributed by atoms with Gasteiger partial charge in [0.15, 0.2) is 0 Å². The molecule has 0 saturated heterocycles. The quantitative estimate of drug-likeness (QED) is 0.589. The fourth-order valence-corrected chi connectivity index (χ4v) is 1.69. The average molecular weight is 157 g/mol. The Balaban J connectivity index is 2.11. The number of rotatable bonds is 5. The molecule has 1 saturated carbocycles. The fraction of sp³-hybridized carbons (Fsp3) is 1.00. The van der Waals surface area contributed by atoms with Gasteiger partial charge < -0.3 is 10.4 Å². The summed E-state index contributed by atoms with van der Waals surface area (Å²) in [5.74, 6) is 0. The Labute approximate surface area is 69.0 Å². The van der Waals surface area contributed by atoms with Gasteiger partial charge in [0.05, 0.1) is 0 Å². The Hall–Kier alpha value is -0.0800. The molecular weight excluding hydrogens is 138 g/mol. The molecule has 66 valence electrons. The second kappa shape index (κ2) is 4.07. The molecule has 0 aliphatic heterocycles. The molecule has 2 nitrogen and oxygen atoms in total. The molecule has 1 fully saturated rings. The van der Waals surface area contributed by atoms with Crippen LogP contribution in [0.4, 0.5) is 0 Å². The van der Waals surface area contributed by atoms with E-state index in [4.69, 9.17) is 5.11 Å². The van der Waals surface area contributed by atoms with Crippen LogP contribution in [0.2, 0.25) is 0 Å². The van der Waals surface area contributed by atoms with Gasteiger partial charge in [0, 0.05) is 12.1 Å². The molecule has 1 rings (SSSR count). The van der Waals surface area contributed by atoms with Crippen molar-refractivity contribution < 1.29 is 5.11 Å². The van der Waals surface area contributed by atoms with Crippen molar-refractivity contribution in [2.45, 2.75) is 44.6 Å². The summed E-state index contributed by atoms with van der Waals surface area (Å²) in [6.07, 6.45) is 6.16. The van der Waals surface area contributed by atoms with Gasteiger partial charge in [0.2, 0.25) is 0 Å². The zero-order valence-electron chi connectivity index (χ0n) is 7.40. The van der Waals surface area contributed by atoms with Crippen molar-refractivity contribution in [3.63, 3.8) is 0 Å².